The molecular weight excluding hydrogens is 904 g/mol. The van der Waals surface area contributed by atoms with Crippen molar-refractivity contribution in [2.45, 2.75) is 0 Å². The lowest BCUT2D eigenvalue weighted by atomic mass is 9.30. The molecule has 8 heteroatoms. The SMILES string of the molecule is c1ccc(-c2cccc(-c3ccccc3)c2N2c3cc4c(cc3B3c5ccccc5N(c5ccccc5)c5c3c2cc2oc3ccccc3c52)B2c3ccccc3Oc3c2c(cc2oc5ccccc5c32)N4)cc1. The molecule has 0 bridgehead atoms. The van der Waals surface area contributed by atoms with Gasteiger partial charge in [-0.15, -0.1) is 0 Å². The highest BCUT2D eigenvalue weighted by molar-refractivity contribution is 7.03. The maximum absolute atomic E-state index is 7.08. The Kier molecular flexibility index (Phi) is 8.08. The number of para-hydroxylation sites is 6. The van der Waals surface area contributed by atoms with Gasteiger partial charge in [0.15, 0.2) is 0 Å². The molecule has 0 spiro atoms. The Morgan fingerprint density at radius 2 is 0.959 bits per heavy atom. The summed E-state index contributed by atoms with van der Waals surface area (Å²) in [5.41, 5.74) is 23.6. The number of nitrogens with zero attached hydrogens (tertiary/aromatic N) is 2. The average Bonchev–Trinajstić information content (AvgIpc) is 4.14. The molecule has 0 amide bonds. The van der Waals surface area contributed by atoms with Gasteiger partial charge in [0.2, 0.25) is 0 Å². The molecule has 0 saturated heterocycles. The van der Waals surface area contributed by atoms with Gasteiger partial charge in [-0.2, -0.15) is 0 Å². The monoisotopic (exact) mass is 943 g/mol. The summed E-state index contributed by atoms with van der Waals surface area (Å²) in [4.78, 5) is 5.07. The normalized spacial score (nSPS) is 13.5. The predicted molar refractivity (Wildman–Crippen MR) is 307 cm³/mol. The van der Waals surface area contributed by atoms with E-state index in [4.69, 9.17) is 13.6 Å². The molecule has 0 radical (unpaired) electrons. The zero-order valence-corrected chi connectivity index (χ0v) is 39.7. The molecule has 2 aromatic heterocycles. The summed E-state index contributed by atoms with van der Waals surface area (Å²) in [7, 11) is 0. The molecule has 74 heavy (non-hydrogen) atoms. The summed E-state index contributed by atoms with van der Waals surface area (Å²) < 4.78 is 20.8. The van der Waals surface area contributed by atoms with E-state index in [0.29, 0.717) is 0 Å². The van der Waals surface area contributed by atoms with E-state index in [0.717, 1.165) is 134 Å². The fraction of sp³-hybridized carbons (Fsp3) is 0. The molecular formula is C66H39B2N3O3. The van der Waals surface area contributed by atoms with Gasteiger partial charge in [0.25, 0.3) is 13.4 Å². The number of hydrogen-bond donors (Lipinski definition) is 1. The standard InChI is InChI=1S/C66H39B2N3O3/c1-4-19-39(20-5-1)42-27-18-28-43(40-21-6-2-7-22-40)64(42)71-53-36-50-48(68-47-30-13-17-34-57(47)74-66-61-45-26-11-16-33-56(45)72-58(61)37-51(69-50)62(66)68)35-49(53)67-46-29-12-14-31-52(46)70(41-23-8-3-9-24-41)65-60-44-25-10-15-32-55(44)73-59(60)38-54(71)63(65)67/h1-38,69H. The highest BCUT2D eigenvalue weighted by Crippen LogP contribution is 2.53. The van der Waals surface area contributed by atoms with Gasteiger partial charge in [0, 0.05) is 68.2 Å². The van der Waals surface area contributed by atoms with Crippen LogP contribution in [0, 0.1) is 0 Å². The number of fused-ring (bicyclic) bond motifs is 16. The number of hydrogen-bond acceptors (Lipinski definition) is 6. The number of benzene rings is 11. The molecule has 0 atom stereocenters. The number of rotatable bonds is 4. The molecule has 13 aromatic rings. The minimum atomic E-state index is -0.175. The molecule has 0 aliphatic carbocycles. The van der Waals surface area contributed by atoms with Crippen LogP contribution in [-0.4, -0.2) is 13.4 Å². The van der Waals surface area contributed by atoms with Crippen molar-refractivity contribution in [2.75, 3.05) is 15.1 Å². The Labute approximate surface area is 426 Å². The largest absolute Gasteiger partial charge is 0.458 e. The summed E-state index contributed by atoms with van der Waals surface area (Å²) in [6, 6.07) is 83.3. The first-order valence-electron chi connectivity index (χ1n) is 25.4. The van der Waals surface area contributed by atoms with E-state index in [1.165, 1.54) is 21.9 Å². The summed E-state index contributed by atoms with van der Waals surface area (Å²) in [5, 5.41) is 8.27. The quantitative estimate of drug-likeness (QED) is 0.177. The second-order valence-corrected chi connectivity index (χ2v) is 19.9. The fourth-order valence-electron chi connectivity index (χ4n) is 13.1. The lowest BCUT2D eigenvalue weighted by molar-refractivity contribution is 0.493. The summed E-state index contributed by atoms with van der Waals surface area (Å²) in [6.45, 7) is -0.318. The molecule has 6 nitrogen and oxygen atoms in total. The molecule has 4 aliphatic heterocycles. The van der Waals surface area contributed by atoms with Crippen molar-refractivity contribution in [3.05, 3.63) is 231 Å². The highest BCUT2D eigenvalue weighted by atomic mass is 16.5. The molecule has 0 unspecified atom stereocenters. The second kappa shape index (κ2) is 14.9. The van der Waals surface area contributed by atoms with E-state index in [9.17, 15) is 0 Å². The van der Waals surface area contributed by atoms with Crippen molar-refractivity contribution in [1.82, 2.24) is 0 Å². The maximum atomic E-state index is 7.08. The molecule has 342 valence electrons. The lowest BCUT2D eigenvalue weighted by Crippen LogP contribution is -2.64. The van der Waals surface area contributed by atoms with Crippen LogP contribution in [0.2, 0.25) is 0 Å². The second-order valence-electron chi connectivity index (χ2n) is 19.9. The van der Waals surface area contributed by atoms with Crippen LogP contribution in [0.15, 0.2) is 239 Å². The van der Waals surface area contributed by atoms with Crippen LogP contribution < -0.4 is 52.6 Å². The van der Waals surface area contributed by atoms with Gasteiger partial charge in [-0.25, -0.2) is 0 Å². The van der Waals surface area contributed by atoms with Crippen molar-refractivity contribution < 1.29 is 13.6 Å². The molecule has 11 aromatic carbocycles. The third-order valence-corrected chi connectivity index (χ3v) is 16.1. The Morgan fingerprint density at radius 3 is 1.69 bits per heavy atom. The molecule has 0 saturated carbocycles. The van der Waals surface area contributed by atoms with Crippen LogP contribution in [0.1, 0.15) is 0 Å². The number of anilines is 8. The Hall–Kier alpha value is -9.65. The number of furan rings is 2. The zero-order valence-electron chi connectivity index (χ0n) is 39.7. The first-order chi connectivity index (χ1) is 36.7. The number of ether oxygens (including phenoxy) is 1. The Morgan fingerprint density at radius 1 is 0.365 bits per heavy atom. The third-order valence-electron chi connectivity index (χ3n) is 16.1. The van der Waals surface area contributed by atoms with Crippen LogP contribution in [0.3, 0.4) is 0 Å². The maximum Gasteiger partial charge on any atom is 0.256 e. The molecule has 6 heterocycles. The number of nitrogens with one attached hydrogen (secondary N) is 1. The third kappa shape index (κ3) is 5.41. The molecule has 17 rings (SSSR count). The predicted octanol–water partition coefficient (Wildman–Crippen LogP) is 13.6. The van der Waals surface area contributed by atoms with Crippen molar-refractivity contribution in [3.63, 3.8) is 0 Å². The topological polar surface area (TPSA) is 54.0 Å². The van der Waals surface area contributed by atoms with Crippen molar-refractivity contribution >= 4 is 136 Å². The van der Waals surface area contributed by atoms with Gasteiger partial charge >= 0.3 is 0 Å². The highest BCUT2D eigenvalue weighted by Gasteiger charge is 2.48. The van der Waals surface area contributed by atoms with Crippen LogP contribution in [0.4, 0.5) is 45.5 Å². The van der Waals surface area contributed by atoms with Crippen molar-refractivity contribution in [2.24, 2.45) is 0 Å². The van der Waals surface area contributed by atoms with E-state index in [1.807, 2.05) is 12.1 Å². The van der Waals surface area contributed by atoms with Gasteiger partial charge in [-0.3, -0.25) is 0 Å². The molecule has 0 fully saturated rings. The van der Waals surface area contributed by atoms with Gasteiger partial charge in [-0.1, -0.05) is 176 Å². The summed E-state index contributed by atoms with van der Waals surface area (Å²) in [6.07, 6.45) is 0. The first kappa shape index (κ1) is 40.0. The summed E-state index contributed by atoms with van der Waals surface area (Å²) in [5.74, 6) is 1.70. The van der Waals surface area contributed by atoms with E-state index in [1.54, 1.807) is 0 Å². The van der Waals surface area contributed by atoms with E-state index in [-0.39, 0.29) is 13.4 Å². The zero-order chi connectivity index (χ0) is 48.2. The van der Waals surface area contributed by atoms with Crippen LogP contribution in [0.5, 0.6) is 11.5 Å². The molecule has 1 N–H and O–H groups in total. The van der Waals surface area contributed by atoms with E-state index >= 15 is 0 Å². The minimum absolute atomic E-state index is 0.143. The van der Waals surface area contributed by atoms with Gasteiger partial charge in [0.05, 0.1) is 22.1 Å². The Bertz CT molecular complexity index is 4470. The smallest absolute Gasteiger partial charge is 0.256 e. The fourth-order valence-corrected chi connectivity index (χ4v) is 13.1. The molecule has 4 aliphatic rings. The first-order valence-corrected chi connectivity index (χ1v) is 25.4. The lowest BCUT2D eigenvalue weighted by Gasteiger charge is -2.46. The Balaban J connectivity index is 1.04. The van der Waals surface area contributed by atoms with Gasteiger partial charge in [-0.05, 0) is 86.4 Å². The average molecular weight is 944 g/mol. The van der Waals surface area contributed by atoms with E-state index < -0.39 is 0 Å². The van der Waals surface area contributed by atoms with Gasteiger partial charge in [0.1, 0.15) is 33.8 Å². The van der Waals surface area contributed by atoms with Crippen molar-refractivity contribution in [1.29, 1.82) is 0 Å². The van der Waals surface area contributed by atoms with E-state index in [2.05, 4.69) is 234 Å². The van der Waals surface area contributed by atoms with Crippen LogP contribution >= 0.6 is 0 Å². The van der Waals surface area contributed by atoms with Crippen LogP contribution in [0.25, 0.3) is 66.1 Å². The van der Waals surface area contributed by atoms with Gasteiger partial charge < -0.3 is 28.7 Å². The van der Waals surface area contributed by atoms with Crippen LogP contribution in [-0.2, 0) is 0 Å². The van der Waals surface area contributed by atoms with Crippen molar-refractivity contribution in [3.8, 4) is 33.8 Å². The minimum Gasteiger partial charge on any atom is -0.458 e. The summed E-state index contributed by atoms with van der Waals surface area (Å²) >= 11 is 0.